The van der Waals surface area contributed by atoms with Gasteiger partial charge in [0.15, 0.2) is 0 Å². The van der Waals surface area contributed by atoms with Crippen LogP contribution in [-0.2, 0) is 11.2 Å². The summed E-state index contributed by atoms with van der Waals surface area (Å²) in [6.45, 7) is 0. The van der Waals surface area contributed by atoms with Crippen molar-refractivity contribution in [2.24, 2.45) is 0 Å². The molecule has 1 saturated heterocycles. The van der Waals surface area contributed by atoms with E-state index in [-0.39, 0.29) is 17.2 Å². The summed E-state index contributed by atoms with van der Waals surface area (Å²) in [5.74, 6) is 1.35. The largest absolute Gasteiger partial charge is 0.399 e. The minimum Gasteiger partial charge on any atom is -0.399 e. The molecule has 0 radical (unpaired) electrons. The van der Waals surface area contributed by atoms with E-state index in [4.69, 9.17) is 5.73 Å². The molecule has 0 bridgehead atoms. The van der Waals surface area contributed by atoms with E-state index >= 15 is 0 Å². The van der Waals surface area contributed by atoms with Crippen molar-refractivity contribution < 1.29 is 4.79 Å². The van der Waals surface area contributed by atoms with E-state index in [0.29, 0.717) is 0 Å². The maximum absolute atomic E-state index is 12.4. The van der Waals surface area contributed by atoms with E-state index in [1.54, 1.807) is 0 Å². The molecule has 1 aromatic carbocycles. The van der Waals surface area contributed by atoms with Gasteiger partial charge in [-0.25, -0.2) is 0 Å². The standard InChI is InChI=1S/C16H22N2OS/c17-12-7-8-13-11(10-12)4-3-5-14(13)18-16(19)15-6-1-2-9-20-15/h7-8,10,14-15H,1-6,9,17H2,(H,18,19). The lowest BCUT2D eigenvalue weighted by molar-refractivity contribution is -0.121. The number of nitrogens with two attached hydrogens (primary N) is 1. The number of thioether (sulfide) groups is 1. The normalized spacial score (nSPS) is 25.8. The maximum Gasteiger partial charge on any atom is 0.233 e. The number of carbonyl (C=O) groups is 1. The Labute approximate surface area is 124 Å². The van der Waals surface area contributed by atoms with Crippen LogP contribution >= 0.6 is 11.8 Å². The lowest BCUT2D eigenvalue weighted by atomic mass is 9.87. The highest BCUT2D eigenvalue weighted by Gasteiger charge is 2.27. The zero-order valence-electron chi connectivity index (χ0n) is 11.7. The maximum atomic E-state index is 12.4. The summed E-state index contributed by atoms with van der Waals surface area (Å²) in [5.41, 5.74) is 9.24. The molecule has 1 aliphatic carbocycles. The second-order valence-corrected chi connectivity index (χ2v) is 7.08. The third kappa shape index (κ3) is 2.95. The minimum absolute atomic E-state index is 0.155. The van der Waals surface area contributed by atoms with E-state index in [1.807, 2.05) is 17.8 Å². The molecule has 2 atom stereocenters. The van der Waals surface area contributed by atoms with Crippen molar-refractivity contribution in [1.29, 1.82) is 0 Å². The van der Waals surface area contributed by atoms with Crippen molar-refractivity contribution in [3.63, 3.8) is 0 Å². The number of benzene rings is 1. The van der Waals surface area contributed by atoms with E-state index in [0.717, 1.165) is 37.1 Å². The van der Waals surface area contributed by atoms with E-state index in [9.17, 15) is 4.79 Å². The number of nitrogen functional groups attached to an aromatic ring is 1. The van der Waals surface area contributed by atoms with Crippen LogP contribution in [0.3, 0.4) is 0 Å². The number of nitrogens with one attached hydrogen (secondary N) is 1. The Morgan fingerprint density at radius 3 is 2.95 bits per heavy atom. The first-order valence-electron chi connectivity index (χ1n) is 7.54. The number of anilines is 1. The summed E-state index contributed by atoms with van der Waals surface area (Å²) in [6.07, 6.45) is 6.70. The van der Waals surface area contributed by atoms with Gasteiger partial charge in [-0.05, 0) is 61.1 Å². The summed E-state index contributed by atoms with van der Waals surface area (Å²) in [6, 6.07) is 6.26. The van der Waals surface area contributed by atoms with Crippen LogP contribution in [0.25, 0.3) is 0 Å². The van der Waals surface area contributed by atoms with Crippen molar-refractivity contribution in [1.82, 2.24) is 5.32 Å². The number of carbonyl (C=O) groups excluding carboxylic acids is 1. The number of aryl methyl sites for hydroxylation is 1. The first kappa shape index (κ1) is 13.8. The van der Waals surface area contributed by atoms with Gasteiger partial charge in [0.1, 0.15) is 0 Å². The molecule has 20 heavy (non-hydrogen) atoms. The summed E-state index contributed by atoms with van der Waals surface area (Å²) >= 11 is 1.81. The SMILES string of the molecule is Nc1ccc2c(c1)CCCC2NC(=O)C1CCCCS1. The molecule has 2 aliphatic rings. The Balaban J connectivity index is 1.71. The van der Waals surface area contributed by atoms with Crippen LogP contribution in [-0.4, -0.2) is 16.9 Å². The third-order valence-electron chi connectivity index (χ3n) is 4.27. The van der Waals surface area contributed by atoms with Crippen molar-refractivity contribution in [3.8, 4) is 0 Å². The zero-order chi connectivity index (χ0) is 13.9. The first-order valence-corrected chi connectivity index (χ1v) is 8.59. The van der Waals surface area contributed by atoms with Gasteiger partial charge in [-0.1, -0.05) is 12.5 Å². The number of hydrogen-bond acceptors (Lipinski definition) is 3. The Kier molecular flexibility index (Phi) is 4.20. The van der Waals surface area contributed by atoms with Gasteiger partial charge in [-0.15, -0.1) is 11.8 Å². The van der Waals surface area contributed by atoms with Gasteiger partial charge < -0.3 is 11.1 Å². The molecule has 1 aliphatic heterocycles. The molecule has 108 valence electrons. The van der Waals surface area contributed by atoms with E-state index in [2.05, 4.69) is 17.4 Å². The third-order valence-corrected chi connectivity index (χ3v) is 5.65. The second kappa shape index (κ2) is 6.08. The summed E-state index contributed by atoms with van der Waals surface area (Å²) in [4.78, 5) is 12.4. The van der Waals surface area contributed by atoms with E-state index in [1.165, 1.54) is 24.0 Å². The topological polar surface area (TPSA) is 55.1 Å². The van der Waals surface area contributed by atoms with Crippen molar-refractivity contribution in [2.75, 3.05) is 11.5 Å². The second-order valence-electron chi connectivity index (χ2n) is 5.77. The highest BCUT2D eigenvalue weighted by Crippen LogP contribution is 2.32. The Bertz CT molecular complexity index is 497. The van der Waals surface area contributed by atoms with Gasteiger partial charge in [0, 0.05) is 5.69 Å². The van der Waals surface area contributed by atoms with Gasteiger partial charge in [0.25, 0.3) is 0 Å². The molecule has 0 spiro atoms. The number of amides is 1. The van der Waals surface area contributed by atoms with E-state index < -0.39 is 0 Å². The van der Waals surface area contributed by atoms with Crippen LogP contribution in [0.5, 0.6) is 0 Å². The molecule has 4 heteroatoms. The summed E-state index contributed by atoms with van der Waals surface area (Å²) < 4.78 is 0. The molecule has 0 saturated carbocycles. The van der Waals surface area contributed by atoms with Crippen molar-refractivity contribution >= 4 is 23.4 Å². The van der Waals surface area contributed by atoms with Crippen LogP contribution in [0.2, 0.25) is 0 Å². The molecule has 2 unspecified atom stereocenters. The monoisotopic (exact) mass is 290 g/mol. The summed E-state index contributed by atoms with van der Waals surface area (Å²) in [7, 11) is 0. The number of rotatable bonds is 2. The lowest BCUT2D eigenvalue weighted by Crippen LogP contribution is -2.38. The molecular formula is C16H22N2OS. The fourth-order valence-corrected chi connectivity index (χ4v) is 4.40. The fourth-order valence-electron chi connectivity index (χ4n) is 3.20. The highest BCUT2D eigenvalue weighted by atomic mass is 32.2. The van der Waals surface area contributed by atoms with Crippen molar-refractivity contribution in [3.05, 3.63) is 29.3 Å². The molecule has 3 nitrogen and oxygen atoms in total. The average molecular weight is 290 g/mol. The van der Waals surface area contributed by atoms with Crippen LogP contribution in [0.1, 0.15) is 49.3 Å². The quantitative estimate of drug-likeness (QED) is 0.823. The Hall–Kier alpha value is -1.16. The van der Waals surface area contributed by atoms with Crippen LogP contribution in [0.4, 0.5) is 5.69 Å². The first-order chi connectivity index (χ1) is 9.74. The average Bonchev–Trinajstić information content (AvgIpc) is 2.48. The zero-order valence-corrected chi connectivity index (χ0v) is 12.5. The predicted octanol–water partition coefficient (Wildman–Crippen LogP) is 3.05. The number of hydrogen-bond donors (Lipinski definition) is 2. The molecule has 1 amide bonds. The van der Waals surface area contributed by atoms with Crippen LogP contribution < -0.4 is 11.1 Å². The highest BCUT2D eigenvalue weighted by molar-refractivity contribution is 8.00. The van der Waals surface area contributed by atoms with Crippen LogP contribution in [0, 0.1) is 0 Å². The fraction of sp³-hybridized carbons (Fsp3) is 0.562. The molecule has 3 rings (SSSR count). The van der Waals surface area contributed by atoms with Gasteiger partial charge >= 0.3 is 0 Å². The smallest absolute Gasteiger partial charge is 0.233 e. The predicted molar refractivity (Wildman–Crippen MR) is 84.8 cm³/mol. The van der Waals surface area contributed by atoms with Crippen molar-refractivity contribution in [2.45, 2.75) is 49.8 Å². The molecular weight excluding hydrogens is 268 g/mol. The molecule has 3 N–H and O–H groups in total. The molecule has 1 fully saturated rings. The van der Waals surface area contributed by atoms with Gasteiger partial charge in [-0.2, -0.15) is 0 Å². The number of fused-ring (bicyclic) bond motifs is 1. The Morgan fingerprint density at radius 1 is 1.25 bits per heavy atom. The lowest BCUT2D eigenvalue weighted by Gasteiger charge is -2.29. The van der Waals surface area contributed by atoms with Gasteiger partial charge in [0.05, 0.1) is 11.3 Å². The summed E-state index contributed by atoms with van der Waals surface area (Å²) in [5, 5.41) is 3.42. The van der Waals surface area contributed by atoms with Crippen LogP contribution in [0.15, 0.2) is 18.2 Å². The van der Waals surface area contributed by atoms with Gasteiger partial charge in [0.2, 0.25) is 5.91 Å². The van der Waals surface area contributed by atoms with Gasteiger partial charge in [-0.3, -0.25) is 4.79 Å². The molecule has 1 heterocycles. The Morgan fingerprint density at radius 2 is 2.15 bits per heavy atom. The minimum atomic E-state index is 0.155. The molecule has 1 aromatic rings. The molecule has 0 aromatic heterocycles.